The molecule has 2 atom stereocenters. The summed E-state index contributed by atoms with van der Waals surface area (Å²) < 4.78 is 2.45. The van der Waals surface area contributed by atoms with E-state index in [1.807, 2.05) is 0 Å². The van der Waals surface area contributed by atoms with Gasteiger partial charge in [-0.3, -0.25) is 0 Å². The van der Waals surface area contributed by atoms with Crippen molar-refractivity contribution in [1.29, 1.82) is 0 Å². The molecular weight excluding hydrogens is 218 g/mol. The highest BCUT2D eigenvalue weighted by atomic mass is 32.2. The molecule has 3 heteroatoms. The molecule has 2 aliphatic rings. The number of rotatable bonds is 1. The minimum Gasteiger partial charge on any atom is -0.388 e. The van der Waals surface area contributed by atoms with Gasteiger partial charge in [-0.15, -0.1) is 0 Å². The number of thioether (sulfide) groups is 1. The van der Waals surface area contributed by atoms with Gasteiger partial charge < -0.3 is 9.67 Å². The van der Waals surface area contributed by atoms with Crippen LogP contribution in [0.25, 0.3) is 0 Å². The summed E-state index contributed by atoms with van der Waals surface area (Å²) in [4.78, 5) is 0. The van der Waals surface area contributed by atoms with E-state index in [4.69, 9.17) is 0 Å². The molecule has 1 aromatic rings. The van der Waals surface area contributed by atoms with Gasteiger partial charge in [0.25, 0.3) is 0 Å². The average Bonchev–Trinajstić information content (AvgIpc) is 2.75. The van der Waals surface area contributed by atoms with Gasteiger partial charge in [-0.05, 0) is 43.9 Å². The first-order valence-electron chi connectivity index (χ1n) is 6.31. The smallest absolute Gasteiger partial charge is 0.0807 e. The van der Waals surface area contributed by atoms with E-state index < -0.39 is 0 Å². The molecule has 3 rings (SSSR count). The molecule has 0 bridgehead atoms. The quantitative estimate of drug-likeness (QED) is 0.812. The van der Waals surface area contributed by atoms with Crippen LogP contribution in [0.1, 0.15) is 49.1 Å². The number of aliphatic hydroxyl groups is 1. The van der Waals surface area contributed by atoms with Crippen LogP contribution in [0.3, 0.4) is 0 Å². The van der Waals surface area contributed by atoms with Gasteiger partial charge in [0.05, 0.1) is 6.10 Å². The molecule has 0 amide bonds. The van der Waals surface area contributed by atoms with Gasteiger partial charge in [0.1, 0.15) is 0 Å². The maximum Gasteiger partial charge on any atom is 0.0807 e. The first-order chi connectivity index (χ1) is 7.86. The van der Waals surface area contributed by atoms with E-state index in [0.717, 1.165) is 19.3 Å². The lowest BCUT2D eigenvalue weighted by molar-refractivity contribution is 0.155. The van der Waals surface area contributed by atoms with Crippen LogP contribution in [0.5, 0.6) is 0 Å². The zero-order chi connectivity index (χ0) is 11.0. The number of aromatic nitrogens is 1. The number of hydrogen-bond donors (Lipinski definition) is 1. The highest BCUT2D eigenvalue weighted by Crippen LogP contribution is 2.35. The Bertz CT molecular complexity index is 368. The lowest BCUT2D eigenvalue weighted by Crippen LogP contribution is -2.20. The first kappa shape index (κ1) is 10.7. The predicted molar refractivity (Wildman–Crippen MR) is 67.9 cm³/mol. The fourth-order valence-corrected chi connectivity index (χ4v) is 4.11. The van der Waals surface area contributed by atoms with E-state index >= 15 is 0 Å². The molecule has 2 nitrogen and oxygen atoms in total. The SMILES string of the molecule is OC1CCCc2c1ccn2C1CCCSC1. The van der Waals surface area contributed by atoms with Gasteiger partial charge in [-0.25, -0.2) is 0 Å². The highest BCUT2D eigenvalue weighted by molar-refractivity contribution is 7.99. The molecule has 88 valence electrons. The van der Waals surface area contributed by atoms with Gasteiger partial charge >= 0.3 is 0 Å². The average molecular weight is 237 g/mol. The molecule has 1 saturated heterocycles. The molecular formula is C13H19NOS. The molecule has 0 saturated carbocycles. The van der Waals surface area contributed by atoms with Gasteiger partial charge in [0.2, 0.25) is 0 Å². The van der Waals surface area contributed by atoms with Crippen LogP contribution in [-0.4, -0.2) is 21.2 Å². The molecule has 1 fully saturated rings. The lowest BCUT2D eigenvalue weighted by Gasteiger charge is -2.27. The van der Waals surface area contributed by atoms with E-state index in [1.165, 1.54) is 35.6 Å². The second kappa shape index (κ2) is 4.46. The second-order valence-electron chi connectivity index (χ2n) is 4.90. The third kappa shape index (κ3) is 1.80. The molecule has 2 heterocycles. The summed E-state index contributed by atoms with van der Waals surface area (Å²) in [7, 11) is 0. The van der Waals surface area contributed by atoms with Crippen molar-refractivity contribution in [2.45, 2.75) is 44.2 Å². The Labute approximate surface area is 101 Å². The fourth-order valence-electron chi connectivity index (χ4n) is 2.98. The Hall–Kier alpha value is -0.410. The van der Waals surface area contributed by atoms with Crippen LogP contribution in [0, 0.1) is 0 Å². The Kier molecular flexibility index (Phi) is 2.99. The Morgan fingerprint density at radius 1 is 1.31 bits per heavy atom. The van der Waals surface area contributed by atoms with E-state index in [2.05, 4.69) is 28.6 Å². The Balaban J connectivity index is 1.89. The summed E-state index contributed by atoms with van der Waals surface area (Å²) in [5.41, 5.74) is 2.60. The number of aliphatic hydroxyl groups excluding tert-OH is 1. The van der Waals surface area contributed by atoms with Crippen molar-refractivity contribution in [3.05, 3.63) is 23.5 Å². The maximum atomic E-state index is 9.95. The number of fused-ring (bicyclic) bond motifs is 1. The Morgan fingerprint density at radius 2 is 2.25 bits per heavy atom. The fraction of sp³-hybridized carbons (Fsp3) is 0.692. The normalized spacial score (nSPS) is 30.1. The van der Waals surface area contributed by atoms with E-state index in [-0.39, 0.29) is 6.10 Å². The van der Waals surface area contributed by atoms with Crippen molar-refractivity contribution < 1.29 is 5.11 Å². The van der Waals surface area contributed by atoms with Gasteiger partial charge in [-0.1, -0.05) is 0 Å². The van der Waals surface area contributed by atoms with Crippen LogP contribution >= 0.6 is 11.8 Å². The van der Waals surface area contributed by atoms with E-state index in [0.29, 0.717) is 6.04 Å². The molecule has 1 aromatic heterocycles. The second-order valence-corrected chi connectivity index (χ2v) is 6.05. The van der Waals surface area contributed by atoms with Crippen LogP contribution in [0.4, 0.5) is 0 Å². The van der Waals surface area contributed by atoms with Gasteiger partial charge in [-0.2, -0.15) is 11.8 Å². The van der Waals surface area contributed by atoms with Crippen LogP contribution in [-0.2, 0) is 6.42 Å². The predicted octanol–water partition coefficient (Wildman–Crippen LogP) is 2.93. The van der Waals surface area contributed by atoms with Crippen LogP contribution in [0.15, 0.2) is 12.3 Å². The first-order valence-corrected chi connectivity index (χ1v) is 7.47. The summed E-state index contributed by atoms with van der Waals surface area (Å²) in [6, 6.07) is 2.81. The molecule has 1 N–H and O–H groups in total. The number of nitrogens with zero attached hydrogens (tertiary/aromatic N) is 1. The van der Waals surface area contributed by atoms with Crippen molar-refractivity contribution in [2.75, 3.05) is 11.5 Å². The maximum absolute atomic E-state index is 9.95. The Morgan fingerprint density at radius 3 is 3.06 bits per heavy atom. The van der Waals surface area contributed by atoms with Crippen molar-refractivity contribution >= 4 is 11.8 Å². The van der Waals surface area contributed by atoms with Crippen molar-refractivity contribution in [3.8, 4) is 0 Å². The van der Waals surface area contributed by atoms with Gasteiger partial charge in [0.15, 0.2) is 0 Å². The third-order valence-corrected chi connectivity index (χ3v) is 5.04. The molecule has 1 aliphatic heterocycles. The lowest BCUT2D eigenvalue weighted by atomic mass is 9.95. The van der Waals surface area contributed by atoms with Crippen molar-refractivity contribution in [1.82, 2.24) is 4.57 Å². The molecule has 0 spiro atoms. The van der Waals surface area contributed by atoms with Crippen molar-refractivity contribution in [2.24, 2.45) is 0 Å². The standard InChI is InChI=1S/C13H19NOS/c15-13-5-1-4-12-11(13)6-7-14(12)10-3-2-8-16-9-10/h6-7,10,13,15H,1-5,8-9H2. The minimum absolute atomic E-state index is 0.207. The molecule has 16 heavy (non-hydrogen) atoms. The monoisotopic (exact) mass is 237 g/mol. The molecule has 2 unspecified atom stereocenters. The van der Waals surface area contributed by atoms with Crippen LogP contribution in [0.2, 0.25) is 0 Å². The molecule has 0 aromatic carbocycles. The van der Waals surface area contributed by atoms with E-state index in [9.17, 15) is 5.11 Å². The summed E-state index contributed by atoms with van der Waals surface area (Å²) >= 11 is 2.07. The van der Waals surface area contributed by atoms with E-state index in [1.54, 1.807) is 0 Å². The zero-order valence-electron chi connectivity index (χ0n) is 9.56. The van der Waals surface area contributed by atoms with Gasteiger partial charge in [0, 0.05) is 29.2 Å². The molecule has 0 radical (unpaired) electrons. The third-order valence-electron chi connectivity index (χ3n) is 3.84. The summed E-state index contributed by atoms with van der Waals surface area (Å²) in [6.07, 6.45) is 7.88. The summed E-state index contributed by atoms with van der Waals surface area (Å²) in [6.45, 7) is 0. The van der Waals surface area contributed by atoms with Crippen molar-refractivity contribution in [3.63, 3.8) is 0 Å². The minimum atomic E-state index is -0.207. The summed E-state index contributed by atoms with van der Waals surface area (Å²) in [5.74, 6) is 2.57. The molecule has 1 aliphatic carbocycles. The number of hydrogen-bond acceptors (Lipinski definition) is 2. The summed E-state index contributed by atoms with van der Waals surface area (Å²) in [5, 5.41) is 9.95. The highest BCUT2D eigenvalue weighted by Gasteiger charge is 2.24. The van der Waals surface area contributed by atoms with Crippen LogP contribution < -0.4 is 0 Å². The largest absolute Gasteiger partial charge is 0.388 e. The zero-order valence-corrected chi connectivity index (χ0v) is 10.4. The topological polar surface area (TPSA) is 25.2 Å².